The molecule has 224 valence electrons. The standard InChI is InChI=1S/2C20H14O3/c21-19(17-8-4-5-9-18(17)20(22)23)16-12-10-15(11-13-16)14-6-2-1-3-7-14;21-19(17-7-4-8-18(13-17)20(22)23)16-11-9-15(10-12-16)14-5-2-1-3-6-14/h2*1-13H,(H,22,23). The van der Waals surface area contributed by atoms with Gasteiger partial charge in [-0.2, -0.15) is 0 Å². The Morgan fingerprint density at radius 1 is 0.326 bits per heavy atom. The Hall–Kier alpha value is -6.40. The largest absolute Gasteiger partial charge is 0.478 e. The Morgan fingerprint density at radius 3 is 1.22 bits per heavy atom. The smallest absolute Gasteiger partial charge is 0.336 e. The monoisotopic (exact) mass is 604 g/mol. The zero-order valence-corrected chi connectivity index (χ0v) is 24.5. The fourth-order valence-electron chi connectivity index (χ4n) is 4.87. The maximum Gasteiger partial charge on any atom is 0.336 e. The Bertz CT molecular complexity index is 2000. The highest BCUT2D eigenvalue weighted by atomic mass is 16.4. The van der Waals surface area contributed by atoms with E-state index in [1.807, 2.05) is 84.9 Å². The Balaban J connectivity index is 0.000000181. The summed E-state index contributed by atoms with van der Waals surface area (Å²) in [5.41, 5.74) is 5.89. The molecule has 0 radical (unpaired) electrons. The third-order valence-electron chi connectivity index (χ3n) is 7.28. The van der Waals surface area contributed by atoms with Crippen LogP contribution in [0.1, 0.15) is 52.6 Å². The molecule has 0 amide bonds. The van der Waals surface area contributed by atoms with Crippen LogP contribution in [0.15, 0.2) is 158 Å². The van der Waals surface area contributed by atoms with E-state index in [1.54, 1.807) is 48.5 Å². The highest BCUT2D eigenvalue weighted by Crippen LogP contribution is 2.22. The Labute approximate surface area is 265 Å². The van der Waals surface area contributed by atoms with E-state index >= 15 is 0 Å². The van der Waals surface area contributed by atoms with E-state index in [0.717, 1.165) is 22.3 Å². The number of carboxylic acid groups (broad SMARTS) is 2. The quantitative estimate of drug-likeness (QED) is 0.169. The highest BCUT2D eigenvalue weighted by molar-refractivity contribution is 6.14. The van der Waals surface area contributed by atoms with Gasteiger partial charge in [0.05, 0.1) is 11.1 Å². The molecule has 0 aliphatic heterocycles. The average Bonchev–Trinajstić information content (AvgIpc) is 3.12. The minimum Gasteiger partial charge on any atom is -0.478 e. The lowest BCUT2D eigenvalue weighted by Crippen LogP contribution is -2.09. The Kier molecular flexibility index (Phi) is 9.70. The molecule has 46 heavy (non-hydrogen) atoms. The molecule has 0 saturated carbocycles. The zero-order chi connectivity index (χ0) is 32.5. The van der Waals surface area contributed by atoms with Crippen molar-refractivity contribution in [1.29, 1.82) is 0 Å². The molecule has 0 spiro atoms. The molecule has 0 fully saturated rings. The molecule has 6 rings (SSSR count). The van der Waals surface area contributed by atoms with E-state index in [2.05, 4.69) is 0 Å². The second-order valence-corrected chi connectivity index (χ2v) is 10.3. The van der Waals surface area contributed by atoms with E-state index in [4.69, 9.17) is 5.11 Å². The van der Waals surface area contributed by atoms with Gasteiger partial charge in [0.2, 0.25) is 0 Å². The van der Waals surface area contributed by atoms with Gasteiger partial charge in [0, 0.05) is 22.3 Å². The van der Waals surface area contributed by atoms with Crippen molar-refractivity contribution < 1.29 is 29.4 Å². The average molecular weight is 605 g/mol. The topological polar surface area (TPSA) is 109 Å². The van der Waals surface area contributed by atoms with Crippen LogP contribution in [-0.4, -0.2) is 33.7 Å². The first-order valence-electron chi connectivity index (χ1n) is 14.4. The summed E-state index contributed by atoms with van der Waals surface area (Å²) in [6.07, 6.45) is 0. The first-order valence-corrected chi connectivity index (χ1v) is 14.4. The summed E-state index contributed by atoms with van der Waals surface area (Å²) in [7, 11) is 0. The van der Waals surface area contributed by atoms with Gasteiger partial charge in [-0.3, -0.25) is 9.59 Å². The molecule has 0 heterocycles. The van der Waals surface area contributed by atoms with Crippen LogP contribution in [-0.2, 0) is 0 Å². The Morgan fingerprint density at radius 2 is 0.739 bits per heavy atom. The van der Waals surface area contributed by atoms with Gasteiger partial charge in [-0.05, 0) is 40.5 Å². The molecule has 0 atom stereocenters. The molecule has 6 heteroatoms. The van der Waals surface area contributed by atoms with Gasteiger partial charge in [-0.1, -0.05) is 140 Å². The number of carbonyl (C=O) groups is 4. The number of carbonyl (C=O) groups excluding carboxylic acids is 2. The zero-order valence-electron chi connectivity index (χ0n) is 24.5. The number of hydrogen-bond acceptors (Lipinski definition) is 4. The summed E-state index contributed by atoms with van der Waals surface area (Å²) in [4.78, 5) is 47.3. The van der Waals surface area contributed by atoms with E-state index in [1.165, 1.54) is 24.3 Å². The number of carboxylic acids is 2. The van der Waals surface area contributed by atoms with Gasteiger partial charge in [0.25, 0.3) is 0 Å². The van der Waals surface area contributed by atoms with Crippen molar-refractivity contribution >= 4 is 23.5 Å². The van der Waals surface area contributed by atoms with Crippen molar-refractivity contribution in [2.45, 2.75) is 0 Å². The number of benzene rings is 6. The molecule has 0 bridgehead atoms. The molecule has 0 aliphatic rings. The molecule has 0 unspecified atom stereocenters. The normalized spacial score (nSPS) is 10.3. The van der Waals surface area contributed by atoms with Gasteiger partial charge in [0.1, 0.15) is 0 Å². The fourth-order valence-corrected chi connectivity index (χ4v) is 4.87. The maximum atomic E-state index is 12.6. The minimum atomic E-state index is -1.10. The van der Waals surface area contributed by atoms with Crippen LogP contribution in [0.3, 0.4) is 0 Å². The summed E-state index contributed by atoms with van der Waals surface area (Å²) in [5.74, 6) is -2.62. The number of ketones is 2. The third-order valence-corrected chi connectivity index (χ3v) is 7.28. The predicted molar refractivity (Wildman–Crippen MR) is 177 cm³/mol. The molecule has 2 N–H and O–H groups in total. The van der Waals surface area contributed by atoms with Gasteiger partial charge >= 0.3 is 11.9 Å². The lowest BCUT2D eigenvalue weighted by molar-refractivity contribution is 0.0684. The molecule has 0 saturated heterocycles. The second kappa shape index (κ2) is 14.4. The van der Waals surface area contributed by atoms with Gasteiger partial charge in [0.15, 0.2) is 11.6 Å². The fraction of sp³-hybridized carbons (Fsp3) is 0. The second-order valence-electron chi connectivity index (χ2n) is 10.3. The van der Waals surface area contributed by atoms with E-state index in [-0.39, 0.29) is 28.3 Å². The van der Waals surface area contributed by atoms with Crippen LogP contribution >= 0.6 is 0 Å². The van der Waals surface area contributed by atoms with E-state index in [0.29, 0.717) is 16.7 Å². The molecule has 0 aliphatic carbocycles. The molecule has 6 aromatic carbocycles. The summed E-state index contributed by atoms with van der Waals surface area (Å²) in [5, 5.41) is 18.2. The lowest BCUT2D eigenvalue weighted by Gasteiger charge is -2.06. The van der Waals surface area contributed by atoms with Crippen molar-refractivity contribution in [3.05, 3.63) is 191 Å². The number of hydrogen-bond donors (Lipinski definition) is 2. The highest BCUT2D eigenvalue weighted by Gasteiger charge is 2.17. The van der Waals surface area contributed by atoms with Gasteiger partial charge in [-0.25, -0.2) is 9.59 Å². The summed E-state index contributed by atoms with van der Waals surface area (Å²) in [6.45, 7) is 0. The molecular weight excluding hydrogens is 576 g/mol. The SMILES string of the molecule is O=C(O)c1cccc(C(=O)c2ccc(-c3ccccc3)cc2)c1.O=C(O)c1ccccc1C(=O)c1ccc(-c2ccccc2)cc1. The molecule has 0 aromatic heterocycles. The number of rotatable bonds is 8. The van der Waals surface area contributed by atoms with Gasteiger partial charge < -0.3 is 10.2 Å². The first kappa shape index (κ1) is 31.0. The van der Waals surface area contributed by atoms with Crippen molar-refractivity contribution in [2.24, 2.45) is 0 Å². The minimum absolute atomic E-state index is 0.0182. The van der Waals surface area contributed by atoms with Crippen molar-refractivity contribution in [3.8, 4) is 22.3 Å². The molecule has 6 nitrogen and oxygen atoms in total. The van der Waals surface area contributed by atoms with E-state index < -0.39 is 11.9 Å². The maximum absolute atomic E-state index is 12.6. The van der Waals surface area contributed by atoms with Crippen LogP contribution in [0, 0.1) is 0 Å². The molecule has 6 aromatic rings. The van der Waals surface area contributed by atoms with Crippen molar-refractivity contribution in [1.82, 2.24) is 0 Å². The van der Waals surface area contributed by atoms with Crippen LogP contribution in [0.5, 0.6) is 0 Å². The van der Waals surface area contributed by atoms with Gasteiger partial charge in [-0.15, -0.1) is 0 Å². The summed E-state index contributed by atoms with van der Waals surface area (Å²) >= 11 is 0. The van der Waals surface area contributed by atoms with Crippen LogP contribution in [0.25, 0.3) is 22.3 Å². The van der Waals surface area contributed by atoms with E-state index in [9.17, 15) is 24.3 Å². The summed E-state index contributed by atoms with van der Waals surface area (Å²) < 4.78 is 0. The molecular formula is C40H28O6. The third kappa shape index (κ3) is 7.38. The van der Waals surface area contributed by atoms with Crippen molar-refractivity contribution in [3.63, 3.8) is 0 Å². The summed E-state index contributed by atoms with van der Waals surface area (Å²) in [6, 6.07) is 46.6. The first-order chi connectivity index (χ1) is 22.3. The van der Waals surface area contributed by atoms with Crippen molar-refractivity contribution in [2.75, 3.05) is 0 Å². The predicted octanol–water partition coefficient (Wildman–Crippen LogP) is 8.57. The lowest BCUT2D eigenvalue weighted by atomic mass is 9.96. The van der Waals surface area contributed by atoms with Crippen LogP contribution in [0.4, 0.5) is 0 Å². The van der Waals surface area contributed by atoms with Crippen LogP contribution in [0.2, 0.25) is 0 Å². The number of aromatic carboxylic acids is 2. The van der Waals surface area contributed by atoms with Crippen LogP contribution < -0.4 is 0 Å².